The van der Waals surface area contributed by atoms with Crippen molar-refractivity contribution in [3.05, 3.63) is 11.6 Å². The fraction of sp³-hybridized carbons (Fsp3) is 0.692. The molecule has 0 spiro atoms. The minimum atomic E-state index is -1.09. The molecule has 1 unspecified atom stereocenters. The third kappa shape index (κ3) is 6.24. The molecule has 0 aromatic rings. The van der Waals surface area contributed by atoms with E-state index in [0.29, 0.717) is 6.54 Å². The Labute approximate surface area is 113 Å². The van der Waals surface area contributed by atoms with Gasteiger partial charge in [-0.25, -0.2) is 9.59 Å². The van der Waals surface area contributed by atoms with Crippen molar-refractivity contribution < 1.29 is 19.4 Å². The lowest BCUT2D eigenvalue weighted by Gasteiger charge is -2.14. The molecule has 0 aromatic heterocycles. The first-order valence-corrected chi connectivity index (χ1v) is 6.58. The first-order valence-electron chi connectivity index (χ1n) is 6.58. The van der Waals surface area contributed by atoms with Crippen LogP contribution in [0.1, 0.15) is 32.1 Å². The number of ether oxygens (including phenoxy) is 1. The van der Waals surface area contributed by atoms with Gasteiger partial charge in [-0.1, -0.05) is 11.6 Å². The highest BCUT2D eigenvalue weighted by atomic mass is 16.5. The van der Waals surface area contributed by atoms with Crippen molar-refractivity contribution in [1.82, 2.24) is 10.6 Å². The standard InChI is InChI=1S/C13H22N2O4/c1-19-11(12(16)17)9-15-13(18)14-8-7-10-5-3-2-4-6-10/h5,11H,2-4,6-9H2,1H3,(H,16,17)(H2,14,15,18). The van der Waals surface area contributed by atoms with Crippen LogP contribution >= 0.6 is 0 Å². The van der Waals surface area contributed by atoms with E-state index in [1.807, 2.05) is 0 Å². The zero-order valence-corrected chi connectivity index (χ0v) is 11.3. The van der Waals surface area contributed by atoms with E-state index in [0.717, 1.165) is 19.3 Å². The van der Waals surface area contributed by atoms with E-state index in [2.05, 4.69) is 16.7 Å². The summed E-state index contributed by atoms with van der Waals surface area (Å²) in [5, 5.41) is 13.9. The molecule has 3 N–H and O–H groups in total. The largest absolute Gasteiger partial charge is 0.479 e. The van der Waals surface area contributed by atoms with Crippen molar-refractivity contribution in [1.29, 1.82) is 0 Å². The molecule has 0 heterocycles. The summed E-state index contributed by atoms with van der Waals surface area (Å²) < 4.78 is 4.71. The van der Waals surface area contributed by atoms with Crippen LogP contribution in [0.3, 0.4) is 0 Å². The van der Waals surface area contributed by atoms with E-state index in [9.17, 15) is 9.59 Å². The number of carbonyl (C=O) groups is 2. The molecule has 1 aliphatic carbocycles. The number of carbonyl (C=O) groups excluding carboxylic acids is 1. The number of aliphatic carboxylic acids is 1. The van der Waals surface area contributed by atoms with Crippen molar-refractivity contribution in [3.8, 4) is 0 Å². The molecule has 2 amide bonds. The minimum Gasteiger partial charge on any atom is -0.479 e. The number of allylic oxidation sites excluding steroid dienone is 1. The maximum atomic E-state index is 11.4. The van der Waals surface area contributed by atoms with Gasteiger partial charge in [-0.3, -0.25) is 0 Å². The summed E-state index contributed by atoms with van der Waals surface area (Å²) in [5.74, 6) is -1.09. The fourth-order valence-electron chi connectivity index (χ4n) is 1.99. The van der Waals surface area contributed by atoms with Crippen molar-refractivity contribution in [3.63, 3.8) is 0 Å². The molecular formula is C13H22N2O4. The Morgan fingerprint density at radius 3 is 2.79 bits per heavy atom. The second kappa shape index (κ2) is 8.53. The number of methoxy groups -OCH3 is 1. The number of carboxylic acid groups (broad SMARTS) is 1. The summed E-state index contributed by atoms with van der Waals surface area (Å²) in [6, 6.07) is -0.361. The van der Waals surface area contributed by atoms with E-state index < -0.39 is 12.1 Å². The predicted octanol–water partition coefficient (Wildman–Crippen LogP) is 1.28. The van der Waals surface area contributed by atoms with Gasteiger partial charge in [0.2, 0.25) is 0 Å². The Balaban J connectivity index is 2.13. The molecule has 0 aliphatic heterocycles. The quantitative estimate of drug-likeness (QED) is 0.608. The summed E-state index contributed by atoms with van der Waals surface area (Å²) in [6.07, 6.45) is 6.84. The van der Waals surface area contributed by atoms with Gasteiger partial charge < -0.3 is 20.5 Å². The van der Waals surface area contributed by atoms with Gasteiger partial charge in [-0.15, -0.1) is 0 Å². The van der Waals surface area contributed by atoms with Gasteiger partial charge in [0.05, 0.1) is 6.54 Å². The first-order chi connectivity index (χ1) is 9.13. The van der Waals surface area contributed by atoms with Crippen molar-refractivity contribution in [2.24, 2.45) is 0 Å². The molecule has 0 aromatic carbocycles. The summed E-state index contributed by atoms with van der Waals surface area (Å²) in [4.78, 5) is 22.1. The average molecular weight is 270 g/mol. The Morgan fingerprint density at radius 1 is 1.42 bits per heavy atom. The van der Waals surface area contributed by atoms with Gasteiger partial charge in [-0.05, 0) is 32.1 Å². The van der Waals surface area contributed by atoms with Gasteiger partial charge in [0.25, 0.3) is 0 Å². The van der Waals surface area contributed by atoms with Crippen LogP contribution in [0.25, 0.3) is 0 Å². The number of amides is 2. The zero-order valence-electron chi connectivity index (χ0n) is 11.3. The zero-order chi connectivity index (χ0) is 14.1. The van der Waals surface area contributed by atoms with E-state index in [4.69, 9.17) is 9.84 Å². The van der Waals surface area contributed by atoms with Crippen LogP contribution in [0, 0.1) is 0 Å². The van der Waals surface area contributed by atoms with Crippen LogP contribution in [0.5, 0.6) is 0 Å². The maximum Gasteiger partial charge on any atom is 0.334 e. The van der Waals surface area contributed by atoms with Crippen molar-refractivity contribution in [2.45, 2.75) is 38.2 Å². The molecular weight excluding hydrogens is 248 g/mol. The van der Waals surface area contributed by atoms with Gasteiger partial charge >= 0.3 is 12.0 Å². The van der Waals surface area contributed by atoms with Crippen LogP contribution in [0.15, 0.2) is 11.6 Å². The molecule has 6 heteroatoms. The van der Waals surface area contributed by atoms with E-state index in [-0.39, 0.29) is 12.6 Å². The Hall–Kier alpha value is -1.56. The fourth-order valence-corrected chi connectivity index (χ4v) is 1.99. The molecule has 0 bridgehead atoms. The number of carboxylic acids is 1. The van der Waals surface area contributed by atoms with Crippen molar-refractivity contribution in [2.75, 3.05) is 20.2 Å². The lowest BCUT2D eigenvalue weighted by Crippen LogP contribution is -2.43. The molecule has 0 saturated carbocycles. The second-order valence-corrected chi connectivity index (χ2v) is 4.56. The van der Waals surface area contributed by atoms with Gasteiger partial charge in [-0.2, -0.15) is 0 Å². The van der Waals surface area contributed by atoms with E-state index in [1.54, 1.807) is 0 Å². The van der Waals surface area contributed by atoms with Crippen LogP contribution < -0.4 is 10.6 Å². The second-order valence-electron chi connectivity index (χ2n) is 4.56. The third-order valence-electron chi connectivity index (χ3n) is 3.12. The maximum absolute atomic E-state index is 11.4. The molecule has 0 saturated heterocycles. The van der Waals surface area contributed by atoms with E-state index in [1.165, 1.54) is 25.5 Å². The Kier molecular flexibility index (Phi) is 6.95. The molecule has 0 fully saturated rings. The molecule has 19 heavy (non-hydrogen) atoms. The number of nitrogens with one attached hydrogen (secondary N) is 2. The van der Waals surface area contributed by atoms with Gasteiger partial charge in [0.1, 0.15) is 0 Å². The van der Waals surface area contributed by atoms with Crippen LogP contribution in [0.2, 0.25) is 0 Å². The van der Waals surface area contributed by atoms with Crippen LogP contribution in [0.4, 0.5) is 4.79 Å². The predicted molar refractivity (Wildman–Crippen MR) is 71.0 cm³/mol. The van der Waals surface area contributed by atoms with Gasteiger partial charge in [0, 0.05) is 13.7 Å². The molecule has 108 valence electrons. The van der Waals surface area contributed by atoms with Crippen LogP contribution in [-0.4, -0.2) is 43.4 Å². The summed E-state index contributed by atoms with van der Waals surface area (Å²) >= 11 is 0. The lowest BCUT2D eigenvalue weighted by molar-refractivity contribution is -0.147. The van der Waals surface area contributed by atoms with Crippen molar-refractivity contribution >= 4 is 12.0 Å². The lowest BCUT2D eigenvalue weighted by atomic mass is 9.97. The topological polar surface area (TPSA) is 87.7 Å². The Bertz CT molecular complexity index is 342. The number of urea groups is 1. The van der Waals surface area contributed by atoms with E-state index >= 15 is 0 Å². The number of hydrogen-bond donors (Lipinski definition) is 3. The summed E-state index contributed by atoms with van der Waals surface area (Å²) in [6.45, 7) is 0.531. The summed E-state index contributed by atoms with van der Waals surface area (Å²) in [5.41, 5.74) is 1.40. The average Bonchev–Trinajstić information content (AvgIpc) is 2.40. The monoisotopic (exact) mass is 270 g/mol. The van der Waals surface area contributed by atoms with Gasteiger partial charge in [0.15, 0.2) is 6.10 Å². The highest BCUT2D eigenvalue weighted by Crippen LogP contribution is 2.19. The third-order valence-corrected chi connectivity index (χ3v) is 3.12. The minimum absolute atomic E-state index is 0.0413. The number of hydrogen-bond acceptors (Lipinski definition) is 3. The summed E-state index contributed by atoms with van der Waals surface area (Å²) in [7, 11) is 1.30. The highest BCUT2D eigenvalue weighted by Gasteiger charge is 2.16. The SMILES string of the molecule is COC(CNC(=O)NCCC1=CCCCC1)C(=O)O. The molecule has 1 aliphatic rings. The first kappa shape index (κ1) is 15.5. The highest BCUT2D eigenvalue weighted by molar-refractivity contribution is 5.76. The smallest absolute Gasteiger partial charge is 0.334 e. The molecule has 1 rings (SSSR count). The number of rotatable bonds is 7. The normalized spacial score (nSPS) is 16.4. The van der Waals surface area contributed by atoms with Crippen LogP contribution in [-0.2, 0) is 9.53 Å². The Morgan fingerprint density at radius 2 is 2.21 bits per heavy atom. The molecule has 0 radical (unpaired) electrons. The molecule has 1 atom stereocenters. The molecule has 6 nitrogen and oxygen atoms in total.